The van der Waals surface area contributed by atoms with E-state index in [1.807, 2.05) is 21.8 Å². The van der Waals surface area contributed by atoms with Crippen LogP contribution < -0.4 is 0 Å². The molecule has 1 fully saturated rings. The summed E-state index contributed by atoms with van der Waals surface area (Å²) in [6, 6.07) is 3.77. The van der Waals surface area contributed by atoms with Crippen molar-refractivity contribution < 1.29 is 4.79 Å². The monoisotopic (exact) mass is 278 g/mol. The molecule has 0 bridgehead atoms. The predicted octanol–water partition coefficient (Wildman–Crippen LogP) is 2.17. The molecule has 1 atom stereocenters. The van der Waals surface area contributed by atoms with Crippen LogP contribution in [0.25, 0.3) is 0 Å². The summed E-state index contributed by atoms with van der Waals surface area (Å²) in [4.78, 5) is 17.2. The van der Waals surface area contributed by atoms with Gasteiger partial charge in [0.2, 0.25) is 0 Å². The maximum absolute atomic E-state index is 12.4. The van der Waals surface area contributed by atoms with Crippen LogP contribution in [0.2, 0.25) is 5.02 Å². The normalized spacial score (nSPS) is 19.0. The van der Waals surface area contributed by atoms with Crippen LogP contribution in [0.1, 0.15) is 23.3 Å². The van der Waals surface area contributed by atoms with Crippen molar-refractivity contribution in [3.63, 3.8) is 0 Å². The van der Waals surface area contributed by atoms with Gasteiger partial charge in [0.05, 0.1) is 17.6 Å². The highest BCUT2D eigenvalue weighted by Gasteiger charge is 2.30. The molecule has 0 aromatic carbocycles. The molecule has 19 heavy (non-hydrogen) atoms. The van der Waals surface area contributed by atoms with Crippen molar-refractivity contribution in [3.05, 3.63) is 41.4 Å². The van der Waals surface area contributed by atoms with Gasteiger partial charge in [-0.1, -0.05) is 11.6 Å². The van der Waals surface area contributed by atoms with E-state index < -0.39 is 0 Å². The second-order valence-corrected chi connectivity index (χ2v) is 5.19. The number of nitrogens with one attached hydrogen (secondary N) is 1. The summed E-state index contributed by atoms with van der Waals surface area (Å²) in [6.07, 6.45) is 7.36. The molecule has 3 heterocycles. The van der Waals surface area contributed by atoms with Gasteiger partial charge >= 0.3 is 0 Å². The number of hydrogen-bond donors (Lipinski definition) is 1. The van der Waals surface area contributed by atoms with Crippen molar-refractivity contribution in [1.82, 2.24) is 19.7 Å². The molecule has 1 saturated heterocycles. The molecular weight excluding hydrogens is 264 g/mol. The van der Waals surface area contributed by atoms with Gasteiger partial charge in [-0.05, 0) is 25.0 Å². The quantitative estimate of drug-likeness (QED) is 0.935. The Morgan fingerprint density at radius 2 is 2.47 bits per heavy atom. The van der Waals surface area contributed by atoms with Crippen LogP contribution in [0, 0.1) is 0 Å². The van der Waals surface area contributed by atoms with Gasteiger partial charge < -0.3 is 9.88 Å². The highest BCUT2D eigenvalue weighted by Crippen LogP contribution is 2.22. The fourth-order valence-corrected chi connectivity index (χ4v) is 2.73. The summed E-state index contributed by atoms with van der Waals surface area (Å²) < 4.78 is 1.87. The van der Waals surface area contributed by atoms with Crippen LogP contribution in [-0.4, -0.2) is 38.2 Å². The second kappa shape index (κ2) is 5.09. The Morgan fingerprint density at radius 1 is 1.58 bits per heavy atom. The Bertz CT molecular complexity index is 563. The topological polar surface area (TPSA) is 53.9 Å². The molecule has 3 rings (SSSR count). The lowest BCUT2D eigenvalue weighted by molar-refractivity contribution is 0.0716. The van der Waals surface area contributed by atoms with E-state index in [1.54, 1.807) is 18.5 Å². The number of rotatable bonds is 3. The summed E-state index contributed by atoms with van der Waals surface area (Å²) >= 11 is 5.85. The summed E-state index contributed by atoms with van der Waals surface area (Å²) in [5, 5.41) is 4.76. The third-order valence-corrected chi connectivity index (χ3v) is 3.69. The lowest BCUT2D eigenvalue weighted by Gasteiger charge is -2.24. The van der Waals surface area contributed by atoms with Crippen LogP contribution in [0.5, 0.6) is 0 Å². The number of nitrogens with zero attached hydrogens (tertiary/aromatic N) is 3. The first-order chi connectivity index (χ1) is 9.24. The van der Waals surface area contributed by atoms with Gasteiger partial charge in [0, 0.05) is 25.1 Å². The van der Waals surface area contributed by atoms with E-state index >= 15 is 0 Å². The Labute approximate surface area is 116 Å². The van der Waals surface area contributed by atoms with Crippen molar-refractivity contribution in [2.24, 2.45) is 0 Å². The Morgan fingerprint density at radius 3 is 3.16 bits per heavy atom. The molecule has 100 valence electrons. The molecular formula is C13H15ClN4O. The third-order valence-electron chi connectivity index (χ3n) is 3.47. The standard InChI is InChI=1S/C13H15ClN4O/c14-10-7-12(15-8-10)13(19)18-6-1-3-11(18)9-17-5-2-4-16-17/h2,4-5,7-8,11,15H,1,3,6,9H2/t11-/m0/s1. The molecule has 1 aliphatic rings. The van der Waals surface area contributed by atoms with Crippen molar-refractivity contribution in [2.45, 2.75) is 25.4 Å². The molecule has 0 spiro atoms. The zero-order chi connectivity index (χ0) is 13.2. The maximum atomic E-state index is 12.4. The molecule has 1 aliphatic heterocycles. The van der Waals surface area contributed by atoms with E-state index in [0.717, 1.165) is 25.9 Å². The molecule has 2 aromatic rings. The van der Waals surface area contributed by atoms with Gasteiger partial charge in [0.15, 0.2) is 0 Å². The van der Waals surface area contributed by atoms with Gasteiger partial charge in [-0.25, -0.2) is 0 Å². The molecule has 0 saturated carbocycles. The average Bonchev–Trinajstić information content (AvgIpc) is 3.10. The van der Waals surface area contributed by atoms with E-state index in [0.29, 0.717) is 10.7 Å². The fourth-order valence-electron chi connectivity index (χ4n) is 2.56. The molecule has 0 aliphatic carbocycles. The van der Waals surface area contributed by atoms with Crippen LogP contribution in [0.4, 0.5) is 0 Å². The lowest BCUT2D eigenvalue weighted by Crippen LogP contribution is -2.38. The van der Waals surface area contributed by atoms with E-state index in [1.165, 1.54) is 0 Å². The fraction of sp³-hybridized carbons (Fsp3) is 0.385. The van der Waals surface area contributed by atoms with Crippen molar-refractivity contribution >= 4 is 17.5 Å². The highest BCUT2D eigenvalue weighted by molar-refractivity contribution is 6.30. The number of H-pyrrole nitrogens is 1. The highest BCUT2D eigenvalue weighted by atomic mass is 35.5. The number of halogens is 1. The smallest absolute Gasteiger partial charge is 0.270 e. The molecule has 1 amide bonds. The van der Waals surface area contributed by atoms with E-state index in [-0.39, 0.29) is 11.9 Å². The number of amides is 1. The van der Waals surface area contributed by atoms with Gasteiger partial charge in [-0.2, -0.15) is 5.10 Å². The number of hydrogen-bond acceptors (Lipinski definition) is 2. The first-order valence-corrected chi connectivity index (χ1v) is 6.74. The molecule has 0 unspecified atom stereocenters. The third kappa shape index (κ3) is 2.51. The molecule has 6 heteroatoms. The SMILES string of the molecule is O=C(c1cc(Cl)c[nH]1)N1CCC[C@H]1Cn1cccn1. The number of aromatic amines is 1. The summed E-state index contributed by atoms with van der Waals surface area (Å²) in [6.45, 7) is 1.54. The molecule has 5 nitrogen and oxygen atoms in total. The summed E-state index contributed by atoms with van der Waals surface area (Å²) in [7, 11) is 0. The van der Waals surface area contributed by atoms with Crippen LogP contribution in [0.15, 0.2) is 30.7 Å². The minimum absolute atomic E-state index is 0.0153. The number of likely N-dealkylation sites (tertiary alicyclic amines) is 1. The molecule has 0 radical (unpaired) electrons. The van der Waals surface area contributed by atoms with E-state index in [4.69, 9.17) is 11.6 Å². The van der Waals surface area contributed by atoms with Crippen molar-refractivity contribution in [3.8, 4) is 0 Å². The zero-order valence-corrected chi connectivity index (χ0v) is 11.2. The number of carbonyl (C=O) groups is 1. The Balaban J connectivity index is 1.74. The Kier molecular flexibility index (Phi) is 3.29. The minimum atomic E-state index is 0.0153. The second-order valence-electron chi connectivity index (χ2n) is 4.75. The maximum Gasteiger partial charge on any atom is 0.270 e. The first kappa shape index (κ1) is 12.3. The molecule has 1 N–H and O–H groups in total. The van der Waals surface area contributed by atoms with Crippen LogP contribution >= 0.6 is 11.6 Å². The van der Waals surface area contributed by atoms with E-state index in [2.05, 4.69) is 10.1 Å². The van der Waals surface area contributed by atoms with Crippen LogP contribution in [-0.2, 0) is 6.54 Å². The van der Waals surface area contributed by atoms with E-state index in [9.17, 15) is 4.79 Å². The summed E-state index contributed by atoms with van der Waals surface area (Å²) in [5.41, 5.74) is 0.553. The zero-order valence-electron chi connectivity index (χ0n) is 10.4. The van der Waals surface area contributed by atoms with Gasteiger partial charge in [0.25, 0.3) is 5.91 Å². The number of aromatic nitrogens is 3. The molecule has 2 aromatic heterocycles. The van der Waals surface area contributed by atoms with Crippen molar-refractivity contribution in [2.75, 3.05) is 6.54 Å². The lowest BCUT2D eigenvalue weighted by atomic mass is 10.2. The average molecular weight is 279 g/mol. The summed E-state index contributed by atoms with van der Waals surface area (Å²) in [5.74, 6) is 0.0153. The van der Waals surface area contributed by atoms with Gasteiger partial charge in [-0.15, -0.1) is 0 Å². The Hall–Kier alpha value is -1.75. The minimum Gasteiger partial charge on any atom is -0.356 e. The van der Waals surface area contributed by atoms with Gasteiger partial charge in [-0.3, -0.25) is 9.48 Å². The van der Waals surface area contributed by atoms with Crippen molar-refractivity contribution in [1.29, 1.82) is 0 Å². The first-order valence-electron chi connectivity index (χ1n) is 6.36. The number of carbonyl (C=O) groups excluding carboxylic acids is 1. The largest absolute Gasteiger partial charge is 0.356 e. The predicted molar refractivity (Wildman–Crippen MR) is 72.1 cm³/mol. The van der Waals surface area contributed by atoms with Gasteiger partial charge in [0.1, 0.15) is 5.69 Å². The van der Waals surface area contributed by atoms with Crippen LogP contribution in [0.3, 0.4) is 0 Å².